The predicted molar refractivity (Wildman–Crippen MR) is 130 cm³/mol. The van der Waals surface area contributed by atoms with Crippen LogP contribution in [0, 0.1) is 0 Å². The zero-order valence-electron chi connectivity index (χ0n) is 18.0. The molecule has 2 aromatic heterocycles. The van der Waals surface area contributed by atoms with E-state index < -0.39 is 0 Å². The topological polar surface area (TPSA) is 26.9 Å². The van der Waals surface area contributed by atoms with Crippen LogP contribution >= 0.6 is 0 Å². The first kappa shape index (κ1) is 19.4. The summed E-state index contributed by atoms with van der Waals surface area (Å²) < 4.78 is 4.07. The number of benzene rings is 3. The summed E-state index contributed by atoms with van der Waals surface area (Å²) in [6.45, 7) is 2.87. The molecule has 0 aliphatic heterocycles. The maximum atomic E-state index is 13.9. The molecular weight excluding hydrogens is 380 g/mol. The molecule has 2 heterocycles. The minimum atomic E-state index is 0.0840. The lowest BCUT2D eigenvalue weighted by Gasteiger charge is -2.20. The Bertz CT molecular complexity index is 1430. The predicted octanol–water partition coefficient (Wildman–Crippen LogP) is 6.63. The van der Waals surface area contributed by atoms with Crippen LogP contribution in [0.3, 0.4) is 0 Å². The second-order valence-electron chi connectivity index (χ2n) is 8.07. The lowest BCUT2D eigenvalue weighted by molar-refractivity contribution is 0.621. The number of aryl methyl sites for hydroxylation is 1. The van der Waals surface area contributed by atoms with Gasteiger partial charge < -0.3 is 9.13 Å². The van der Waals surface area contributed by atoms with Gasteiger partial charge in [-0.2, -0.15) is 0 Å². The summed E-state index contributed by atoms with van der Waals surface area (Å²) in [6, 6.07) is 29.2. The highest BCUT2D eigenvalue weighted by molar-refractivity contribution is 6.17. The van der Waals surface area contributed by atoms with Gasteiger partial charge in [0.05, 0.1) is 5.69 Å². The third kappa shape index (κ3) is 3.09. The molecular formula is C28H26N2O. The highest BCUT2D eigenvalue weighted by Crippen LogP contribution is 2.41. The van der Waals surface area contributed by atoms with Crippen molar-refractivity contribution < 1.29 is 0 Å². The molecule has 154 valence electrons. The van der Waals surface area contributed by atoms with E-state index in [1.165, 1.54) is 0 Å². The Morgan fingerprint density at radius 1 is 0.774 bits per heavy atom. The molecule has 3 nitrogen and oxygen atoms in total. The molecule has 3 aromatic carbocycles. The summed E-state index contributed by atoms with van der Waals surface area (Å²) in [5.41, 5.74) is 6.29. The number of aromatic nitrogens is 2. The highest BCUT2D eigenvalue weighted by Gasteiger charge is 2.23. The molecule has 5 rings (SSSR count). The second-order valence-corrected chi connectivity index (χ2v) is 8.07. The normalized spacial score (nSPS) is 11.4. The number of hydrogen-bond donors (Lipinski definition) is 0. The van der Waals surface area contributed by atoms with E-state index in [0.717, 1.165) is 57.0 Å². The van der Waals surface area contributed by atoms with Gasteiger partial charge in [-0.1, -0.05) is 92.2 Å². The highest BCUT2D eigenvalue weighted by atomic mass is 16.1. The fraction of sp³-hybridized carbons (Fsp3) is 0.179. The maximum Gasteiger partial charge on any atom is 0.275 e. The first-order valence-corrected chi connectivity index (χ1v) is 11.0. The molecule has 5 aromatic rings. The molecule has 0 radical (unpaired) electrons. The van der Waals surface area contributed by atoms with Crippen LogP contribution in [0.4, 0.5) is 0 Å². The van der Waals surface area contributed by atoms with E-state index in [2.05, 4.69) is 66.1 Å². The first-order valence-electron chi connectivity index (χ1n) is 11.0. The van der Waals surface area contributed by atoms with Gasteiger partial charge in [-0.05, 0) is 23.6 Å². The van der Waals surface area contributed by atoms with Crippen molar-refractivity contribution in [3.8, 4) is 22.4 Å². The molecule has 0 fully saturated rings. The monoisotopic (exact) mass is 406 g/mol. The molecule has 0 amide bonds. The lowest BCUT2D eigenvalue weighted by Crippen LogP contribution is -2.24. The van der Waals surface area contributed by atoms with E-state index in [1.807, 2.05) is 41.9 Å². The fourth-order valence-corrected chi connectivity index (χ4v) is 4.69. The zero-order valence-corrected chi connectivity index (χ0v) is 18.0. The van der Waals surface area contributed by atoms with Crippen LogP contribution in [0.2, 0.25) is 0 Å². The van der Waals surface area contributed by atoms with Crippen LogP contribution < -0.4 is 5.56 Å². The van der Waals surface area contributed by atoms with Crippen molar-refractivity contribution in [2.24, 2.45) is 7.05 Å². The quantitative estimate of drug-likeness (QED) is 0.322. The molecule has 0 aliphatic carbocycles. The van der Waals surface area contributed by atoms with E-state index in [1.54, 1.807) is 0 Å². The van der Waals surface area contributed by atoms with E-state index in [0.29, 0.717) is 6.54 Å². The SMILES string of the molecule is CCCCn1c(-c2ccccc2)c(-c2ccccc2)c2c3ccccc3n(C)c2c1=O. The van der Waals surface area contributed by atoms with Crippen molar-refractivity contribution in [1.29, 1.82) is 0 Å². The third-order valence-corrected chi connectivity index (χ3v) is 6.16. The van der Waals surface area contributed by atoms with Gasteiger partial charge >= 0.3 is 0 Å². The van der Waals surface area contributed by atoms with Crippen molar-refractivity contribution in [1.82, 2.24) is 9.13 Å². The fourth-order valence-electron chi connectivity index (χ4n) is 4.69. The van der Waals surface area contributed by atoms with Crippen LogP contribution in [-0.2, 0) is 13.6 Å². The molecule has 0 saturated carbocycles. The maximum absolute atomic E-state index is 13.9. The zero-order chi connectivity index (χ0) is 21.4. The van der Waals surface area contributed by atoms with Crippen molar-refractivity contribution in [3.05, 3.63) is 95.3 Å². The van der Waals surface area contributed by atoms with E-state index >= 15 is 0 Å². The minimum Gasteiger partial charge on any atom is -0.339 e. The van der Waals surface area contributed by atoms with Crippen LogP contribution in [0.5, 0.6) is 0 Å². The van der Waals surface area contributed by atoms with Gasteiger partial charge in [-0.15, -0.1) is 0 Å². The summed E-state index contributed by atoms with van der Waals surface area (Å²) in [5.74, 6) is 0. The lowest BCUT2D eigenvalue weighted by atomic mass is 9.94. The Labute approximate surface area is 182 Å². The van der Waals surface area contributed by atoms with Crippen LogP contribution in [-0.4, -0.2) is 9.13 Å². The van der Waals surface area contributed by atoms with Crippen molar-refractivity contribution in [2.75, 3.05) is 0 Å². The Morgan fingerprint density at radius 2 is 1.39 bits per heavy atom. The Kier molecular flexibility index (Phi) is 4.95. The first-order chi connectivity index (χ1) is 15.2. The van der Waals surface area contributed by atoms with Gasteiger partial charge in [0.1, 0.15) is 5.52 Å². The van der Waals surface area contributed by atoms with Crippen LogP contribution in [0.25, 0.3) is 44.2 Å². The van der Waals surface area contributed by atoms with E-state index in [-0.39, 0.29) is 5.56 Å². The number of hydrogen-bond acceptors (Lipinski definition) is 1. The average Bonchev–Trinajstić information content (AvgIpc) is 3.12. The number of rotatable bonds is 5. The molecule has 0 bridgehead atoms. The molecule has 0 atom stereocenters. The smallest absolute Gasteiger partial charge is 0.275 e. The summed E-state index contributed by atoms with van der Waals surface area (Å²) in [6.07, 6.45) is 2.00. The van der Waals surface area contributed by atoms with Crippen molar-refractivity contribution in [3.63, 3.8) is 0 Å². The molecule has 0 saturated heterocycles. The molecule has 31 heavy (non-hydrogen) atoms. The summed E-state index contributed by atoms with van der Waals surface area (Å²) in [4.78, 5) is 13.9. The number of unbranched alkanes of at least 4 members (excludes halogenated alkanes) is 1. The van der Waals surface area contributed by atoms with Gasteiger partial charge in [0, 0.05) is 35.4 Å². The molecule has 3 heteroatoms. The van der Waals surface area contributed by atoms with Crippen molar-refractivity contribution in [2.45, 2.75) is 26.3 Å². The third-order valence-electron chi connectivity index (χ3n) is 6.16. The molecule has 0 N–H and O–H groups in total. The Morgan fingerprint density at radius 3 is 2.06 bits per heavy atom. The Balaban J connectivity index is 2.06. The Hall–Kier alpha value is -3.59. The second kappa shape index (κ2) is 7.92. The standard InChI is InChI=1S/C28H26N2O/c1-3-4-19-30-26(21-15-9-6-10-16-21)24(20-13-7-5-8-14-20)25-22-17-11-12-18-23(22)29(2)27(25)28(30)31/h5-18H,3-4,19H2,1-2H3. The van der Waals surface area contributed by atoms with Crippen LogP contribution in [0.15, 0.2) is 89.7 Å². The molecule has 0 spiro atoms. The van der Waals surface area contributed by atoms with Gasteiger partial charge in [0.15, 0.2) is 0 Å². The molecule has 0 unspecified atom stereocenters. The number of fused-ring (bicyclic) bond motifs is 3. The number of para-hydroxylation sites is 1. The van der Waals surface area contributed by atoms with Crippen molar-refractivity contribution >= 4 is 21.8 Å². The van der Waals surface area contributed by atoms with Gasteiger partial charge in [0.2, 0.25) is 0 Å². The summed E-state index contributed by atoms with van der Waals surface area (Å²) >= 11 is 0. The average molecular weight is 407 g/mol. The largest absolute Gasteiger partial charge is 0.339 e. The summed E-state index contributed by atoms with van der Waals surface area (Å²) in [7, 11) is 2.01. The van der Waals surface area contributed by atoms with Gasteiger partial charge in [0.25, 0.3) is 5.56 Å². The minimum absolute atomic E-state index is 0.0840. The van der Waals surface area contributed by atoms with E-state index in [9.17, 15) is 4.79 Å². The van der Waals surface area contributed by atoms with Gasteiger partial charge in [-0.3, -0.25) is 4.79 Å². The van der Waals surface area contributed by atoms with Gasteiger partial charge in [-0.25, -0.2) is 0 Å². The number of nitrogens with zero attached hydrogens (tertiary/aromatic N) is 2. The summed E-state index contributed by atoms with van der Waals surface area (Å²) in [5, 5.41) is 2.16. The van der Waals surface area contributed by atoms with E-state index in [4.69, 9.17) is 0 Å². The molecule has 0 aliphatic rings. The van der Waals surface area contributed by atoms with Crippen LogP contribution in [0.1, 0.15) is 19.8 Å². The number of pyridine rings is 1.